The van der Waals surface area contributed by atoms with Gasteiger partial charge in [-0.05, 0) is 32.0 Å². The fourth-order valence-corrected chi connectivity index (χ4v) is 3.53. The summed E-state index contributed by atoms with van der Waals surface area (Å²) < 4.78 is 15.7. The van der Waals surface area contributed by atoms with Gasteiger partial charge in [-0.15, -0.1) is 0 Å². The van der Waals surface area contributed by atoms with Crippen LogP contribution in [0.25, 0.3) is 11.3 Å². The maximum absolute atomic E-state index is 12.5. The van der Waals surface area contributed by atoms with Crippen molar-refractivity contribution in [1.82, 2.24) is 5.32 Å². The molecule has 2 heterocycles. The molecule has 9 nitrogen and oxygen atoms in total. The van der Waals surface area contributed by atoms with E-state index in [4.69, 9.17) is 13.9 Å². The van der Waals surface area contributed by atoms with Gasteiger partial charge in [-0.1, -0.05) is 12.1 Å². The predicted octanol–water partition coefficient (Wildman–Crippen LogP) is 3.44. The molecule has 1 aromatic heterocycles. The number of methoxy groups -OCH3 is 2. The number of nitro benzene ring substituents is 1. The molecule has 0 spiro atoms. The monoisotopic (exact) mass is 412 g/mol. The Morgan fingerprint density at radius 1 is 1.00 bits per heavy atom. The molecule has 0 saturated heterocycles. The Hall–Kier alpha value is -3.88. The SMILES string of the molecule is COC(=O)C1=C(C)NC(C)=C(C(=O)OC)C1c1ccc(-c2ccccc2[N+](=O)[O-])o1. The van der Waals surface area contributed by atoms with Crippen LogP contribution < -0.4 is 5.32 Å². The minimum absolute atomic E-state index is 0.122. The number of hydrogen-bond donors (Lipinski definition) is 1. The third-order valence-corrected chi connectivity index (χ3v) is 4.85. The first-order valence-electron chi connectivity index (χ1n) is 8.98. The number of hydrogen-bond acceptors (Lipinski definition) is 8. The van der Waals surface area contributed by atoms with Crippen molar-refractivity contribution in [2.75, 3.05) is 14.2 Å². The molecule has 3 rings (SSSR count). The Balaban J connectivity index is 2.18. The Kier molecular flexibility index (Phi) is 5.72. The molecule has 1 aliphatic heterocycles. The number of benzene rings is 1. The minimum atomic E-state index is -0.900. The lowest BCUT2D eigenvalue weighted by Gasteiger charge is -2.28. The van der Waals surface area contributed by atoms with E-state index in [1.54, 1.807) is 44.2 Å². The lowest BCUT2D eigenvalue weighted by atomic mass is 9.83. The fraction of sp³-hybridized carbons (Fsp3) is 0.238. The summed E-state index contributed by atoms with van der Waals surface area (Å²) >= 11 is 0. The topological polar surface area (TPSA) is 121 Å². The number of nitrogens with one attached hydrogen (secondary N) is 1. The first-order chi connectivity index (χ1) is 14.3. The van der Waals surface area contributed by atoms with E-state index in [0.29, 0.717) is 11.4 Å². The van der Waals surface area contributed by atoms with Crippen LogP contribution in [0.4, 0.5) is 5.69 Å². The van der Waals surface area contributed by atoms with Crippen molar-refractivity contribution in [1.29, 1.82) is 0 Å². The summed E-state index contributed by atoms with van der Waals surface area (Å²) in [7, 11) is 2.48. The lowest BCUT2D eigenvalue weighted by Crippen LogP contribution is -2.31. The molecular weight excluding hydrogens is 392 g/mol. The zero-order valence-corrected chi connectivity index (χ0v) is 16.8. The summed E-state index contributed by atoms with van der Waals surface area (Å²) in [5, 5.41) is 14.4. The van der Waals surface area contributed by atoms with Crippen LogP contribution in [0.2, 0.25) is 0 Å². The maximum Gasteiger partial charge on any atom is 0.336 e. The smallest absolute Gasteiger partial charge is 0.336 e. The highest BCUT2D eigenvalue weighted by molar-refractivity contribution is 5.99. The second-order valence-corrected chi connectivity index (χ2v) is 6.59. The van der Waals surface area contributed by atoms with E-state index in [1.165, 1.54) is 20.3 Å². The largest absolute Gasteiger partial charge is 0.466 e. The summed E-state index contributed by atoms with van der Waals surface area (Å²) in [4.78, 5) is 35.9. The van der Waals surface area contributed by atoms with Crippen LogP contribution in [-0.4, -0.2) is 31.1 Å². The van der Waals surface area contributed by atoms with Gasteiger partial charge in [-0.25, -0.2) is 9.59 Å². The van der Waals surface area contributed by atoms with Gasteiger partial charge in [0.1, 0.15) is 11.5 Å². The van der Waals surface area contributed by atoms with Gasteiger partial charge < -0.3 is 19.2 Å². The Morgan fingerprint density at radius 3 is 2.10 bits per heavy atom. The molecule has 0 fully saturated rings. The number of nitro groups is 1. The number of carbonyl (C=O) groups excluding carboxylic acids is 2. The average Bonchev–Trinajstić information content (AvgIpc) is 3.22. The van der Waals surface area contributed by atoms with Crippen molar-refractivity contribution in [3.05, 3.63) is 74.8 Å². The summed E-state index contributed by atoms with van der Waals surface area (Å²) in [6, 6.07) is 9.29. The lowest BCUT2D eigenvalue weighted by molar-refractivity contribution is -0.384. The number of para-hydroxylation sites is 1. The Morgan fingerprint density at radius 2 is 1.57 bits per heavy atom. The van der Waals surface area contributed by atoms with Crippen LogP contribution in [0.15, 0.2) is 63.4 Å². The first-order valence-corrected chi connectivity index (χ1v) is 8.98. The van der Waals surface area contributed by atoms with Crippen LogP contribution in [0.1, 0.15) is 25.5 Å². The molecule has 2 aromatic rings. The standard InChI is InChI=1S/C21H20N2O7/c1-11-17(20(24)28-3)19(18(12(2)22-11)21(25)29-4)16-10-9-15(30-16)13-7-5-6-8-14(13)23(26)27/h5-10,19,22H,1-4H3. The molecule has 0 amide bonds. The Labute approximate surface area is 172 Å². The summed E-state index contributed by atoms with van der Waals surface area (Å²) in [5.74, 6) is -1.68. The Bertz CT molecular complexity index is 1060. The van der Waals surface area contributed by atoms with Crippen LogP contribution in [0.5, 0.6) is 0 Å². The summed E-state index contributed by atoms with van der Waals surface area (Å²) in [5.41, 5.74) is 1.53. The van der Waals surface area contributed by atoms with Crippen molar-refractivity contribution in [2.45, 2.75) is 19.8 Å². The number of ether oxygens (including phenoxy) is 2. The van der Waals surface area contributed by atoms with E-state index < -0.39 is 22.8 Å². The van der Waals surface area contributed by atoms with Gasteiger partial charge in [0.15, 0.2) is 0 Å². The molecule has 0 bridgehead atoms. The molecule has 0 saturated carbocycles. The molecule has 1 aliphatic rings. The number of nitrogens with zero attached hydrogens (tertiary/aromatic N) is 1. The summed E-state index contributed by atoms with van der Waals surface area (Å²) in [6.45, 7) is 3.37. The molecule has 9 heteroatoms. The molecule has 1 N–H and O–H groups in total. The number of esters is 2. The molecular formula is C21H20N2O7. The molecule has 30 heavy (non-hydrogen) atoms. The van der Waals surface area contributed by atoms with Gasteiger partial charge in [0.2, 0.25) is 0 Å². The van der Waals surface area contributed by atoms with E-state index in [2.05, 4.69) is 5.32 Å². The van der Waals surface area contributed by atoms with Crippen LogP contribution in [-0.2, 0) is 19.1 Å². The third kappa shape index (κ3) is 3.57. The molecule has 1 aromatic carbocycles. The van der Waals surface area contributed by atoms with Crippen LogP contribution >= 0.6 is 0 Å². The molecule has 0 aliphatic carbocycles. The number of rotatable bonds is 5. The van der Waals surface area contributed by atoms with E-state index in [-0.39, 0.29) is 33.9 Å². The van der Waals surface area contributed by atoms with Crippen molar-refractivity contribution in [3.63, 3.8) is 0 Å². The second-order valence-electron chi connectivity index (χ2n) is 6.59. The highest BCUT2D eigenvalue weighted by Gasteiger charge is 2.39. The van der Waals surface area contributed by atoms with E-state index in [9.17, 15) is 19.7 Å². The van der Waals surface area contributed by atoms with Crippen molar-refractivity contribution < 1.29 is 28.4 Å². The maximum atomic E-state index is 12.5. The minimum Gasteiger partial charge on any atom is -0.466 e. The van der Waals surface area contributed by atoms with Crippen molar-refractivity contribution in [3.8, 4) is 11.3 Å². The number of allylic oxidation sites excluding steroid dienone is 2. The zero-order chi connectivity index (χ0) is 22.0. The molecule has 0 radical (unpaired) electrons. The van der Waals surface area contributed by atoms with Gasteiger partial charge in [-0.3, -0.25) is 10.1 Å². The second kappa shape index (κ2) is 8.24. The number of furan rings is 1. The van der Waals surface area contributed by atoms with Gasteiger partial charge in [0, 0.05) is 17.5 Å². The quantitative estimate of drug-likeness (QED) is 0.450. The fourth-order valence-electron chi connectivity index (χ4n) is 3.53. The summed E-state index contributed by atoms with van der Waals surface area (Å²) in [6.07, 6.45) is 0. The van der Waals surface area contributed by atoms with Crippen molar-refractivity contribution in [2.24, 2.45) is 0 Å². The normalized spacial score (nSPS) is 14.4. The van der Waals surface area contributed by atoms with E-state index >= 15 is 0 Å². The van der Waals surface area contributed by atoms with Gasteiger partial charge in [0.05, 0.1) is 41.8 Å². The highest BCUT2D eigenvalue weighted by atomic mass is 16.6. The van der Waals surface area contributed by atoms with Crippen LogP contribution in [0, 0.1) is 10.1 Å². The number of dihydropyridines is 1. The van der Waals surface area contributed by atoms with Crippen LogP contribution in [0.3, 0.4) is 0 Å². The zero-order valence-electron chi connectivity index (χ0n) is 16.8. The number of carbonyl (C=O) groups is 2. The van der Waals surface area contributed by atoms with Gasteiger partial charge in [-0.2, -0.15) is 0 Å². The third-order valence-electron chi connectivity index (χ3n) is 4.85. The molecule has 0 atom stereocenters. The van der Waals surface area contributed by atoms with E-state index in [1.807, 2.05) is 0 Å². The van der Waals surface area contributed by atoms with Gasteiger partial charge in [0.25, 0.3) is 5.69 Å². The average molecular weight is 412 g/mol. The van der Waals surface area contributed by atoms with E-state index in [0.717, 1.165) is 0 Å². The highest BCUT2D eigenvalue weighted by Crippen LogP contribution is 2.41. The predicted molar refractivity (Wildman–Crippen MR) is 106 cm³/mol. The van der Waals surface area contributed by atoms with Crippen molar-refractivity contribution >= 4 is 17.6 Å². The molecule has 0 unspecified atom stereocenters. The first kappa shape index (κ1) is 20.8. The van der Waals surface area contributed by atoms with Gasteiger partial charge >= 0.3 is 11.9 Å². The molecule has 156 valence electrons.